The highest BCUT2D eigenvalue weighted by Gasteiger charge is 2.34. The van der Waals surface area contributed by atoms with Gasteiger partial charge in [-0.3, -0.25) is 4.52 Å². The Kier molecular flexibility index (Phi) is 4.55. The summed E-state index contributed by atoms with van der Waals surface area (Å²) in [5.41, 5.74) is 0. The summed E-state index contributed by atoms with van der Waals surface area (Å²) in [6.07, 6.45) is 3.99. The number of phosphoric ester groups is 1. The molecule has 0 aromatic heterocycles. The SMILES string of the molecule is C[N+](C)(C)CC(OP(=O)(O)O)C1CCCC1. The van der Waals surface area contributed by atoms with E-state index in [4.69, 9.17) is 14.3 Å². The zero-order chi connectivity index (χ0) is 12.4. The van der Waals surface area contributed by atoms with Crippen LogP contribution in [-0.2, 0) is 9.09 Å². The quantitative estimate of drug-likeness (QED) is 0.572. The Morgan fingerprint density at radius 2 is 1.81 bits per heavy atom. The lowest BCUT2D eigenvalue weighted by molar-refractivity contribution is -0.873. The Bertz CT molecular complexity index is 264. The molecule has 1 aliphatic carbocycles. The first-order valence-corrected chi connectivity index (χ1v) is 7.25. The van der Waals surface area contributed by atoms with E-state index < -0.39 is 7.82 Å². The second kappa shape index (κ2) is 5.15. The number of quaternary nitrogens is 1. The van der Waals surface area contributed by atoms with Gasteiger partial charge < -0.3 is 14.3 Å². The predicted molar refractivity (Wildman–Crippen MR) is 61.8 cm³/mol. The van der Waals surface area contributed by atoms with Gasteiger partial charge in [0.1, 0.15) is 12.6 Å². The Morgan fingerprint density at radius 1 is 1.31 bits per heavy atom. The third-order valence-corrected chi connectivity index (χ3v) is 3.47. The second-order valence-electron chi connectivity index (χ2n) is 5.65. The molecule has 6 heteroatoms. The van der Waals surface area contributed by atoms with Gasteiger partial charge in [-0.1, -0.05) is 12.8 Å². The standard InChI is InChI=1S/C10H22NO4P/c1-11(2,3)8-10(15-16(12,13)14)9-6-4-5-7-9/h9-10H,4-8H2,1-3H3,(H-,12,13,14)/p+1. The van der Waals surface area contributed by atoms with Crippen molar-refractivity contribution in [3.05, 3.63) is 0 Å². The van der Waals surface area contributed by atoms with Gasteiger partial charge in [-0.15, -0.1) is 0 Å². The van der Waals surface area contributed by atoms with Crippen LogP contribution in [-0.4, -0.2) is 48.1 Å². The zero-order valence-corrected chi connectivity index (χ0v) is 11.2. The van der Waals surface area contributed by atoms with E-state index in [0.29, 0.717) is 16.9 Å². The highest BCUT2D eigenvalue weighted by Crippen LogP contribution is 2.42. The molecule has 0 bridgehead atoms. The molecule has 0 spiro atoms. The summed E-state index contributed by atoms with van der Waals surface area (Å²) in [6, 6.07) is 0. The van der Waals surface area contributed by atoms with Crippen LogP contribution in [0.1, 0.15) is 25.7 Å². The summed E-state index contributed by atoms with van der Waals surface area (Å²) < 4.78 is 16.6. The van der Waals surface area contributed by atoms with Crippen LogP contribution in [0, 0.1) is 5.92 Å². The molecule has 1 aliphatic rings. The predicted octanol–water partition coefficient (Wildman–Crippen LogP) is 1.36. The van der Waals surface area contributed by atoms with E-state index in [9.17, 15) is 4.57 Å². The van der Waals surface area contributed by atoms with Gasteiger partial charge >= 0.3 is 7.82 Å². The first kappa shape index (κ1) is 14.1. The van der Waals surface area contributed by atoms with Gasteiger partial charge in [0.15, 0.2) is 0 Å². The average Bonchev–Trinajstić information content (AvgIpc) is 2.47. The fraction of sp³-hybridized carbons (Fsp3) is 1.00. The van der Waals surface area contributed by atoms with Crippen LogP contribution < -0.4 is 0 Å². The van der Waals surface area contributed by atoms with Crippen molar-refractivity contribution in [2.24, 2.45) is 5.92 Å². The lowest BCUT2D eigenvalue weighted by atomic mass is 10.0. The number of phosphoric acid groups is 1. The van der Waals surface area contributed by atoms with Gasteiger partial charge in [0.25, 0.3) is 0 Å². The molecular formula is C10H23NO4P+. The molecule has 96 valence electrons. The highest BCUT2D eigenvalue weighted by molar-refractivity contribution is 7.46. The fourth-order valence-corrected chi connectivity index (χ4v) is 2.91. The van der Waals surface area contributed by atoms with Crippen LogP contribution in [0.25, 0.3) is 0 Å². The van der Waals surface area contributed by atoms with E-state index in [0.717, 1.165) is 25.7 Å². The molecule has 0 aromatic carbocycles. The van der Waals surface area contributed by atoms with Crippen LogP contribution >= 0.6 is 7.82 Å². The van der Waals surface area contributed by atoms with Gasteiger partial charge in [-0.05, 0) is 18.8 Å². The molecule has 0 amide bonds. The van der Waals surface area contributed by atoms with E-state index in [1.165, 1.54) is 0 Å². The van der Waals surface area contributed by atoms with E-state index in [-0.39, 0.29) is 6.10 Å². The molecule has 0 aromatic rings. The molecule has 0 aliphatic heterocycles. The fourth-order valence-electron chi connectivity index (χ4n) is 2.31. The number of hydrogen-bond donors (Lipinski definition) is 2. The monoisotopic (exact) mass is 252 g/mol. The van der Waals surface area contributed by atoms with Crippen molar-refractivity contribution in [1.29, 1.82) is 0 Å². The van der Waals surface area contributed by atoms with Gasteiger partial charge in [-0.2, -0.15) is 0 Å². The minimum atomic E-state index is -4.37. The van der Waals surface area contributed by atoms with Crippen molar-refractivity contribution < 1.29 is 23.4 Å². The van der Waals surface area contributed by atoms with Gasteiger partial charge in [0.2, 0.25) is 0 Å². The topological polar surface area (TPSA) is 66.8 Å². The number of likely N-dealkylation sites (N-methyl/N-ethyl adjacent to an activating group) is 1. The molecule has 2 N–H and O–H groups in total. The third kappa shape index (κ3) is 5.41. The molecule has 1 rings (SSSR count). The second-order valence-corrected chi connectivity index (χ2v) is 6.84. The Morgan fingerprint density at radius 3 is 2.19 bits per heavy atom. The highest BCUT2D eigenvalue weighted by atomic mass is 31.2. The third-order valence-electron chi connectivity index (χ3n) is 2.93. The smallest absolute Gasteiger partial charge is 0.329 e. The maximum Gasteiger partial charge on any atom is 0.470 e. The van der Waals surface area contributed by atoms with E-state index in [2.05, 4.69) is 0 Å². The Labute approximate surface area is 97.2 Å². The van der Waals surface area contributed by atoms with E-state index in [1.54, 1.807) is 0 Å². The van der Waals surface area contributed by atoms with Crippen LogP contribution in [0.5, 0.6) is 0 Å². The molecule has 1 fully saturated rings. The summed E-state index contributed by atoms with van der Waals surface area (Å²) in [6.45, 7) is 0.635. The van der Waals surface area contributed by atoms with Crippen molar-refractivity contribution in [3.8, 4) is 0 Å². The molecule has 16 heavy (non-hydrogen) atoms. The molecule has 0 radical (unpaired) electrons. The van der Waals surface area contributed by atoms with Gasteiger partial charge in [0.05, 0.1) is 21.1 Å². The van der Waals surface area contributed by atoms with Crippen LogP contribution in [0.2, 0.25) is 0 Å². The Hall–Kier alpha value is 0.0700. The molecule has 1 unspecified atom stereocenters. The minimum Gasteiger partial charge on any atom is -0.329 e. The van der Waals surface area contributed by atoms with Crippen molar-refractivity contribution >= 4 is 7.82 Å². The maximum absolute atomic E-state index is 10.9. The first-order chi connectivity index (χ1) is 7.17. The lowest BCUT2D eigenvalue weighted by Gasteiger charge is -2.32. The summed E-state index contributed by atoms with van der Waals surface area (Å²) in [7, 11) is 1.64. The summed E-state index contributed by atoms with van der Waals surface area (Å²) in [5.74, 6) is 0.296. The van der Waals surface area contributed by atoms with Gasteiger partial charge in [-0.25, -0.2) is 4.57 Å². The number of rotatable bonds is 5. The van der Waals surface area contributed by atoms with Crippen LogP contribution in [0.15, 0.2) is 0 Å². The Balaban J connectivity index is 2.64. The summed E-state index contributed by atoms with van der Waals surface area (Å²) in [5, 5.41) is 0. The molecule has 0 heterocycles. The molecule has 1 saturated carbocycles. The van der Waals surface area contributed by atoms with Crippen molar-refractivity contribution in [1.82, 2.24) is 0 Å². The molecule has 1 atom stereocenters. The summed E-state index contributed by atoms with van der Waals surface area (Å²) in [4.78, 5) is 17.9. The molecular weight excluding hydrogens is 229 g/mol. The minimum absolute atomic E-state index is 0.296. The van der Waals surface area contributed by atoms with E-state index in [1.807, 2.05) is 21.1 Å². The number of nitrogens with zero attached hydrogens (tertiary/aromatic N) is 1. The van der Waals surface area contributed by atoms with E-state index >= 15 is 0 Å². The largest absolute Gasteiger partial charge is 0.470 e. The molecule has 0 saturated heterocycles. The van der Waals surface area contributed by atoms with Gasteiger partial charge in [0, 0.05) is 0 Å². The van der Waals surface area contributed by atoms with Crippen molar-refractivity contribution in [2.75, 3.05) is 27.7 Å². The van der Waals surface area contributed by atoms with Crippen molar-refractivity contribution in [3.63, 3.8) is 0 Å². The number of hydrogen-bond acceptors (Lipinski definition) is 2. The van der Waals surface area contributed by atoms with Crippen LogP contribution in [0.4, 0.5) is 0 Å². The zero-order valence-electron chi connectivity index (χ0n) is 10.3. The van der Waals surface area contributed by atoms with Crippen LogP contribution in [0.3, 0.4) is 0 Å². The summed E-state index contributed by atoms with van der Waals surface area (Å²) >= 11 is 0. The lowest BCUT2D eigenvalue weighted by Crippen LogP contribution is -2.44. The maximum atomic E-state index is 10.9. The molecule has 5 nitrogen and oxygen atoms in total. The normalized spacial score (nSPS) is 21.3. The average molecular weight is 252 g/mol. The van der Waals surface area contributed by atoms with Crippen molar-refractivity contribution in [2.45, 2.75) is 31.8 Å². The first-order valence-electron chi connectivity index (χ1n) is 5.72.